The highest BCUT2D eigenvalue weighted by molar-refractivity contribution is 7.91. The predicted octanol–water partition coefficient (Wildman–Crippen LogP) is 4.55. The Morgan fingerprint density at radius 2 is 2.00 bits per heavy atom. The Balaban J connectivity index is 1.54. The third kappa shape index (κ3) is 5.73. The van der Waals surface area contributed by atoms with Crippen molar-refractivity contribution in [3.8, 4) is 0 Å². The van der Waals surface area contributed by atoms with Crippen LogP contribution in [0, 0.1) is 17.7 Å². The van der Waals surface area contributed by atoms with E-state index in [-0.39, 0.29) is 24.4 Å². The number of nitrogens with one attached hydrogen (secondary N) is 2. The number of aromatic nitrogens is 2. The number of fused-ring (bicyclic) bond motifs is 1. The second-order valence-electron chi connectivity index (χ2n) is 10.3. The first-order valence-corrected chi connectivity index (χ1v) is 14.6. The van der Waals surface area contributed by atoms with Crippen molar-refractivity contribution in [1.29, 1.82) is 0 Å². The van der Waals surface area contributed by atoms with E-state index in [9.17, 15) is 14.0 Å². The highest BCUT2D eigenvalue weighted by atomic mass is 32.2. The third-order valence-electron chi connectivity index (χ3n) is 7.67. The molecule has 2 aliphatic heterocycles. The number of halogens is 1. The van der Waals surface area contributed by atoms with Gasteiger partial charge in [-0.15, -0.1) is 0 Å². The van der Waals surface area contributed by atoms with Crippen LogP contribution < -0.4 is 15.5 Å². The smallest absolute Gasteiger partial charge is 0.227 e. The third-order valence-corrected chi connectivity index (χ3v) is 9.13. The van der Waals surface area contributed by atoms with Gasteiger partial charge in [-0.25, -0.2) is 9.37 Å². The molecule has 0 aliphatic carbocycles. The van der Waals surface area contributed by atoms with Crippen LogP contribution in [-0.2, 0) is 17.6 Å². The molecule has 2 aliphatic rings. The summed E-state index contributed by atoms with van der Waals surface area (Å²) in [5.74, 6) is 2.60. The SMILES string of the molecule is CCCC(c1cc(F)ccc1NC)C1CCN(c2nc3c(c(N[C@@H](CO)C(C)C)n2)[S+]([O-])CC3)CC1. The van der Waals surface area contributed by atoms with Crippen molar-refractivity contribution >= 4 is 28.6 Å². The van der Waals surface area contributed by atoms with E-state index < -0.39 is 11.2 Å². The van der Waals surface area contributed by atoms with Crippen LogP contribution in [0.3, 0.4) is 0 Å². The number of aryl methyl sites for hydroxylation is 1. The van der Waals surface area contributed by atoms with Gasteiger partial charge in [0.05, 0.1) is 12.6 Å². The molecule has 3 N–H and O–H groups in total. The number of hydrogen-bond donors (Lipinski definition) is 3. The summed E-state index contributed by atoms with van der Waals surface area (Å²) in [6.45, 7) is 7.91. The summed E-state index contributed by atoms with van der Waals surface area (Å²) < 4.78 is 26.9. The number of piperidine rings is 1. The van der Waals surface area contributed by atoms with Gasteiger partial charge < -0.3 is 25.2 Å². The van der Waals surface area contributed by atoms with Crippen LogP contribution >= 0.6 is 0 Å². The Hall–Kier alpha value is -2.10. The van der Waals surface area contributed by atoms with Crippen molar-refractivity contribution in [2.24, 2.45) is 11.8 Å². The average Bonchev–Trinajstić information content (AvgIpc) is 3.26. The van der Waals surface area contributed by atoms with E-state index in [0.29, 0.717) is 40.7 Å². The molecule has 1 fully saturated rings. The molecule has 0 saturated carbocycles. The van der Waals surface area contributed by atoms with Crippen LogP contribution in [0.1, 0.15) is 63.6 Å². The Labute approximate surface area is 217 Å². The van der Waals surface area contributed by atoms with Gasteiger partial charge in [-0.05, 0) is 72.0 Å². The quantitative estimate of drug-likeness (QED) is 0.398. The number of nitrogens with zero attached hydrogens (tertiary/aromatic N) is 3. The van der Waals surface area contributed by atoms with E-state index >= 15 is 0 Å². The largest absolute Gasteiger partial charge is 0.611 e. The topological polar surface area (TPSA) is 96.4 Å². The monoisotopic (exact) mass is 517 g/mol. The zero-order chi connectivity index (χ0) is 25.8. The van der Waals surface area contributed by atoms with Crippen LogP contribution in [0.15, 0.2) is 23.1 Å². The lowest BCUT2D eigenvalue weighted by atomic mass is 9.77. The molecule has 7 nitrogen and oxygen atoms in total. The lowest BCUT2D eigenvalue weighted by Crippen LogP contribution is -2.37. The minimum absolute atomic E-state index is 0.0166. The normalized spacial score (nSPS) is 19.9. The maximum absolute atomic E-state index is 14.2. The molecule has 2 unspecified atom stereocenters. The number of benzene rings is 1. The highest BCUT2D eigenvalue weighted by Gasteiger charge is 2.35. The molecule has 9 heteroatoms. The fraction of sp³-hybridized carbons (Fsp3) is 0.630. The lowest BCUT2D eigenvalue weighted by molar-refractivity contribution is 0.248. The maximum atomic E-state index is 14.2. The molecular weight excluding hydrogens is 477 g/mol. The molecule has 3 heterocycles. The second kappa shape index (κ2) is 12.0. The zero-order valence-electron chi connectivity index (χ0n) is 21.9. The molecule has 0 radical (unpaired) electrons. The van der Waals surface area contributed by atoms with E-state index in [2.05, 4.69) is 22.5 Å². The van der Waals surface area contributed by atoms with E-state index in [1.54, 1.807) is 6.07 Å². The number of rotatable bonds is 10. The Morgan fingerprint density at radius 1 is 1.25 bits per heavy atom. The minimum Gasteiger partial charge on any atom is -0.611 e. The molecule has 1 saturated heterocycles. The van der Waals surface area contributed by atoms with Crippen LogP contribution in [0.25, 0.3) is 0 Å². The summed E-state index contributed by atoms with van der Waals surface area (Å²) in [6.07, 6.45) is 4.71. The van der Waals surface area contributed by atoms with Crippen molar-refractivity contribution in [1.82, 2.24) is 9.97 Å². The van der Waals surface area contributed by atoms with Gasteiger partial charge in [0.25, 0.3) is 0 Å². The first-order valence-electron chi connectivity index (χ1n) is 13.2. The maximum Gasteiger partial charge on any atom is 0.227 e. The molecule has 1 aromatic heterocycles. The van der Waals surface area contributed by atoms with Crippen molar-refractivity contribution in [3.63, 3.8) is 0 Å². The summed E-state index contributed by atoms with van der Waals surface area (Å²) in [6, 6.07) is 4.90. The molecule has 0 bridgehead atoms. The van der Waals surface area contributed by atoms with E-state index in [4.69, 9.17) is 9.97 Å². The van der Waals surface area contributed by atoms with Crippen molar-refractivity contribution in [3.05, 3.63) is 35.3 Å². The van der Waals surface area contributed by atoms with Crippen LogP contribution in [0.2, 0.25) is 0 Å². The standard InChI is InChI=1S/C27H40FN5O2S/c1-5-6-20(21-15-19(28)7-8-22(21)29-4)18-9-12-33(13-10-18)27-31-23-11-14-36(35)25(23)26(32-27)30-24(16-34)17(2)3/h7-8,15,17-18,20,24,29,34H,5-6,9-14,16H2,1-4H3,(H,30,31,32)/t20?,24-,36?/m0/s1. The van der Waals surface area contributed by atoms with E-state index in [0.717, 1.165) is 55.7 Å². The van der Waals surface area contributed by atoms with Crippen LogP contribution in [0.4, 0.5) is 21.8 Å². The van der Waals surface area contributed by atoms with Gasteiger partial charge in [0.1, 0.15) is 17.3 Å². The first-order chi connectivity index (χ1) is 17.4. The average molecular weight is 518 g/mol. The first kappa shape index (κ1) is 26.9. The molecule has 0 amide bonds. The van der Waals surface area contributed by atoms with E-state index in [1.807, 2.05) is 27.0 Å². The Kier molecular flexibility index (Phi) is 8.96. The van der Waals surface area contributed by atoms with E-state index in [1.165, 1.54) is 6.07 Å². The molecule has 0 spiro atoms. The summed E-state index contributed by atoms with van der Waals surface area (Å²) in [7, 11) is 1.90. The number of aliphatic hydroxyl groups is 1. The van der Waals surface area contributed by atoms with Gasteiger partial charge in [0.15, 0.2) is 5.82 Å². The summed E-state index contributed by atoms with van der Waals surface area (Å²) >= 11 is -1.12. The molecule has 4 rings (SSSR count). The van der Waals surface area contributed by atoms with Crippen molar-refractivity contribution < 1.29 is 14.0 Å². The molecule has 2 aromatic rings. The van der Waals surface area contributed by atoms with Gasteiger partial charge in [-0.1, -0.05) is 27.2 Å². The number of anilines is 3. The summed E-state index contributed by atoms with van der Waals surface area (Å²) in [5.41, 5.74) is 2.93. The fourth-order valence-corrected chi connectivity index (χ4v) is 6.86. The second-order valence-corrected chi connectivity index (χ2v) is 11.8. The van der Waals surface area contributed by atoms with Crippen molar-refractivity contribution in [2.45, 2.75) is 69.7 Å². The van der Waals surface area contributed by atoms with Gasteiger partial charge in [-0.2, -0.15) is 4.98 Å². The van der Waals surface area contributed by atoms with Gasteiger partial charge in [0, 0.05) is 32.2 Å². The predicted molar refractivity (Wildman–Crippen MR) is 145 cm³/mol. The number of aliphatic hydroxyl groups excluding tert-OH is 1. The molecule has 3 atom stereocenters. The van der Waals surface area contributed by atoms with Gasteiger partial charge in [-0.3, -0.25) is 0 Å². The zero-order valence-corrected chi connectivity index (χ0v) is 22.7. The minimum atomic E-state index is -1.12. The molecule has 36 heavy (non-hydrogen) atoms. The fourth-order valence-electron chi connectivity index (χ4n) is 5.55. The summed E-state index contributed by atoms with van der Waals surface area (Å²) in [5, 5.41) is 16.5. The molecule has 1 aromatic carbocycles. The molecule has 198 valence electrons. The highest BCUT2D eigenvalue weighted by Crippen LogP contribution is 2.40. The Bertz CT molecular complexity index is 1030. The van der Waals surface area contributed by atoms with Crippen molar-refractivity contribution in [2.75, 3.05) is 48.0 Å². The lowest BCUT2D eigenvalue weighted by Gasteiger charge is -2.37. The van der Waals surface area contributed by atoms with Crippen LogP contribution in [0.5, 0.6) is 0 Å². The van der Waals surface area contributed by atoms with Gasteiger partial charge >= 0.3 is 0 Å². The van der Waals surface area contributed by atoms with Crippen LogP contribution in [-0.4, -0.2) is 58.2 Å². The van der Waals surface area contributed by atoms with Gasteiger partial charge in [0.2, 0.25) is 10.8 Å². The molecular formula is C27H40FN5O2S. The number of hydrogen-bond acceptors (Lipinski definition) is 7. The Morgan fingerprint density at radius 3 is 2.64 bits per heavy atom. The summed E-state index contributed by atoms with van der Waals surface area (Å²) in [4.78, 5) is 12.6.